The molecule has 0 N–H and O–H groups in total. The standard InChI is InChI=1S/C10H14/c1-2-4-8-9-5-6-10(8)7(9)3-1/h1-2,7-10H,3-6H2. The molecule has 0 atom stereocenters. The Kier molecular flexibility index (Phi) is 0.898. The van der Waals surface area contributed by atoms with Gasteiger partial charge in [-0.3, -0.25) is 0 Å². The van der Waals surface area contributed by atoms with E-state index in [1.807, 2.05) is 0 Å². The molecule has 0 radical (unpaired) electrons. The topological polar surface area (TPSA) is 0 Å². The predicted octanol–water partition coefficient (Wildman–Crippen LogP) is 2.61. The molecule has 0 heterocycles. The van der Waals surface area contributed by atoms with Crippen LogP contribution in [0.3, 0.4) is 0 Å². The molecule has 0 amide bonds. The number of allylic oxidation sites excluding steroid dienone is 2. The molecule has 0 saturated heterocycles. The average Bonchev–Trinajstić information content (AvgIpc) is 2.41. The minimum absolute atomic E-state index is 1.13. The van der Waals surface area contributed by atoms with Gasteiger partial charge in [-0.05, 0) is 49.4 Å². The predicted molar refractivity (Wildman–Crippen MR) is 41.6 cm³/mol. The normalized spacial score (nSPS) is 56.0. The van der Waals surface area contributed by atoms with Crippen LogP contribution in [-0.2, 0) is 0 Å². The molecule has 4 bridgehead atoms. The molecule has 0 aromatic carbocycles. The Bertz CT molecular complexity index is 152. The summed E-state index contributed by atoms with van der Waals surface area (Å²) < 4.78 is 0. The first-order valence-electron chi connectivity index (χ1n) is 4.62. The van der Waals surface area contributed by atoms with Gasteiger partial charge in [-0.15, -0.1) is 0 Å². The summed E-state index contributed by atoms with van der Waals surface area (Å²) in [6.45, 7) is 0. The monoisotopic (exact) mass is 134 g/mol. The van der Waals surface area contributed by atoms with Gasteiger partial charge in [0.2, 0.25) is 0 Å². The van der Waals surface area contributed by atoms with Gasteiger partial charge in [0, 0.05) is 0 Å². The van der Waals surface area contributed by atoms with E-state index in [0.29, 0.717) is 0 Å². The van der Waals surface area contributed by atoms with Crippen molar-refractivity contribution in [1.29, 1.82) is 0 Å². The van der Waals surface area contributed by atoms with E-state index in [9.17, 15) is 0 Å². The minimum atomic E-state index is 1.13. The second kappa shape index (κ2) is 1.66. The zero-order valence-electron chi connectivity index (χ0n) is 6.29. The SMILES string of the molecule is C1=CCC2C3CCC2C3C1. The summed E-state index contributed by atoms with van der Waals surface area (Å²) >= 11 is 0. The van der Waals surface area contributed by atoms with E-state index in [1.54, 1.807) is 12.8 Å². The zero-order chi connectivity index (χ0) is 6.55. The molecule has 0 spiro atoms. The van der Waals surface area contributed by atoms with Crippen molar-refractivity contribution < 1.29 is 0 Å². The van der Waals surface area contributed by atoms with E-state index >= 15 is 0 Å². The molecule has 5 aliphatic carbocycles. The average molecular weight is 134 g/mol. The van der Waals surface area contributed by atoms with Crippen LogP contribution in [0.2, 0.25) is 0 Å². The van der Waals surface area contributed by atoms with Crippen LogP contribution in [0.25, 0.3) is 0 Å². The fourth-order valence-electron chi connectivity index (χ4n) is 3.57. The van der Waals surface area contributed by atoms with E-state index in [1.165, 1.54) is 12.8 Å². The summed E-state index contributed by atoms with van der Waals surface area (Å²) in [6.07, 6.45) is 10.8. The molecule has 3 fully saturated rings. The maximum Gasteiger partial charge on any atom is -0.0317 e. The third-order valence-electron chi connectivity index (χ3n) is 4.02. The number of fused-ring (bicyclic) bond motifs is 3. The number of hydrogen-bond acceptors (Lipinski definition) is 0. The lowest BCUT2D eigenvalue weighted by Gasteiger charge is -2.42. The van der Waals surface area contributed by atoms with Gasteiger partial charge in [-0.2, -0.15) is 0 Å². The minimum Gasteiger partial charge on any atom is -0.0882 e. The number of rotatable bonds is 0. The third-order valence-corrected chi connectivity index (χ3v) is 4.02. The third kappa shape index (κ3) is 0.457. The molecule has 10 heavy (non-hydrogen) atoms. The fraction of sp³-hybridized carbons (Fsp3) is 0.800. The Labute approximate surface area is 62.3 Å². The van der Waals surface area contributed by atoms with Crippen LogP contribution in [0, 0.1) is 23.7 Å². The van der Waals surface area contributed by atoms with E-state index in [4.69, 9.17) is 0 Å². The Morgan fingerprint density at radius 3 is 1.70 bits per heavy atom. The van der Waals surface area contributed by atoms with Gasteiger partial charge in [0.05, 0.1) is 0 Å². The van der Waals surface area contributed by atoms with Crippen molar-refractivity contribution in [2.75, 3.05) is 0 Å². The maximum absolute atomic E-state index is 2.42. The lowest BCUT2D eigenvalue weighted by Crippen LogP contribution is -2.37. The maximum atomic E-state index is 2.42. The zero-order valence-corrected chi connectivity index (χ0v) is 6.29. The summed E-state index contributed by atoms with van der Waals surface area (Å²) in [6, 6.07) is 0. The molecule has 5 rings (SSSR count). The largest absolute Gasteiger partial charge is 0.0882 e. The lowest BCUT2D eigenvalue weighted by molar-refractivity contribution is 0.0606. The van der Waals surface area contributed by atoms with E-state index < -0.39 is 0 Å². The molecule has 0 aromatic rings. The van der Waals surface area contributed by atoms with Crippen LogP contribution < -0.4 is 0 Å². The highest BCUT2D eigenvalue weighted by molar-refractivity contribution is 5.10. The van der Waals surface area contributed by atoms with Gasteiger partial charge >= 0.3 is 0 Å². The molecular formula is C10H14. The molecular weight excluding hydrogens is 120 g/mol. The Morgan fingerprint density at radius 2 is 1.20 bits per heavy atom. The van der Waals surface area contributed by atoms with Crippen LogP contribution in [0.4, 0.5) is 0 Å². The van der Waals surface area contributed by atoms with Gasteiger partial charge in [0.15, 0.2) is 0 Å². The van der Waals surface area contributed by atoms with Crippen molar-refractivity contribution in [3.05, 3.63) is 12.2 Å². The van der Waals surface area contributed by atoms with Crippen LogP contribution >= 0.6 is 0 Å². The summed E-state index contributed by atoms with van der Waals surface area (Å²) in [7, 11) is 0. The van der Waals surface area contributed by atoms with Crippen molar-refractivity contribution in [2.24, 2.45) is 23.7 Å². The van der Waals surface area contributed by atoms with Crippen LogP contribution in [0.5, 0.6) is 0 Å². The first kappa shape index (κ1) is 5.40. The highest BCUT2D eigenvalue weighted by Crippen LogP contribution is 2.61. The van der Waals surface area contributed by atoms with Gasteiger partial charge in [0.25, 0.3) is 0 Å². The molecule has 0 aromatic heterocycles. The molecule has 0 heteroatoms. The van der Waals surface area contributed by atoms with Crippen LogP contribution in [-0.4, -0.2) is 0 Å². The molecule has 0 nitrogen and oxygen atoms in total. The number of hydrogen-bond donors (Lipinski definition) is 0. The first-order chi connectivity index (χ1) is 4.97. The van der Waals surface area contributed by atoms with Crippen LogP contribution in [0.15, 0.2) is 12.2 Å². The van der Waals surface area contributed by atoms with Gasteiger partial charge in [-0.25, -0.2) is 0 Å². The summed E-state index contributed by atoms with van der Waals surface area (Å²) in [5.74, 6) is 4.56. The van der Waals surface area contributed by atoms with E-state index in [0.717, 1.165) is 23.7 Å². The Morgan fingerprint density at radius 1 is 0.700 bits per heavy atom. The van der Waals surface area contributed by atoms with Crippen LogP contribution in [0.1, 0.15) is 25.7 Å². The van der Waals surface area contributed by atoms with Crippen molar-refractivity contribution >= 4 is 0 Å². The fourth-order valence-corrected chi connectivity index (χ4v) is 3.57. The van der Waals surface area contributed by atoms with Gasteiger partial charge < -0.3 is 0 Å². The van der Waals surface area contributed by atoms with Crippen molar-refractivity contribution in [1.82, 2.24) is 0 Å². The summed E-state index contributed by atoms with van der Waals surface area (Å²) in [4.78, 5) is 0. The molecule has 0 unspecified atom stereocenters. The Hall–Kier alpha value is -0.260. The molecule has 3 saturated carbocycles. The lowest BCUT2D eigenvalue weighted by atomic mass is 9.62. The van der Waals surface area contributed by atoms with E-state index in [-0.39, 0.29) is 0 Å². The Balaban J connectivity index is 1.94. The summed E-state index contributed by atoms with van der Waals surface area (Å²) in [5, 5.41) is 0. The van der Waals surface area contributed by atoms with Crippen molar-refractivity contribution in [2.45, 2.75) is 25.7 Å². The van der Waals surface area contributed by atoms with Gasteiger partial charge in [-0.1, -0.05) is 12.2 Å². The highest BCUT2D eigenvalue weighted by Gasteiger charge is 2.53. The quantitative estimate of drug-likeness (QED) is 0.447. The second-order valence-electron chi connectivity index (χ2n) is 4.18. The molecule has 54 valence electrons. The van der Waals surface area contributed by atoms with Gasteiger partial charge in [0.1, 0.15) is 0 Å². The molecule has 5 aliphatic rings. The highest BCUT2D eigenvalue weighted by atomic mass is 14.6. The first-order valence-corrected chi connectivity index (χ1v) is 4.62. The smallest absolute Gasteiger partial charge is 0.0317 e. The van der Waals surface area contributed by atoms with Crippen molar-refractivity contribution in [3.63, 3.8) is 0 Å². The second-order valence-corrected chi connectivity index (χ2v) is 4.18. The van der Waals surface area contributed by atoms with Crippen molar-refractivity contribution in [3.8, 4) is 0 Å². The molecule has 0 aliphatic heterocycles. The summed E-state index contributed by atoms with van der Waals surface area (Å²) in [5.41, 5.74) is 0. The van der Waals surface area contributed by atoms with E-state index in [2.05, 4.69) is 12.2 Å².